The smallest absolute Gasteiger partial charge is 0.222 e. The summed E-state index contributed by atoms with van der Waals surface area (Å²) in [5.74, 6) is 1.01. The second-order valence-corrected chi connectivity index (χ2v) is 7.86. The summed E-state index contributed by atoms with van der Waals surface area (Å²) < 4.78 is 0. The van der Waals surface area contributed by atoms with E-state index in [9.17, 15) is 4.79 Å². The van der Waals surface area contributed by atoms with Crippen molar-refractivity contribution in [3.63, 3.8) is 0 Å². The van der Waals surface area contributed by atoms with Crippen molar-refractivity contribution in [1.82, 2.24) is 14.8 Å². The molecule has 0 unspecified atom stereocenters. The highest BCUT2D eigenvalue weighted by Crippen LogP contribution is 2.27. The molecule has 1 aliphatic carbocycles. The van der Waals surface area contributed by atoms with Gasteiger partial charge in [0.15, 0.2) is 0 Å². The maximum absolute atomic E-state index is 12.6. The summed E-state index contributed by atoms with van der Waals surface area (Å²) in [5.41, 5.74) is 2.39. The Morgan fingerprint density at radius 1 is 1.00 bits per heavy atom. The third-order valence-electron chi connectivity index (χ3n) is 6.02. The normalized spacial score (nSPS) is 19.8. The number of rotatable bonds is 4. The number of benzene rings is 1. The van der Waals surface area contributed by atoms with Crippen LogP contribution in [-0.4, -0.2) is 46.9 Å². The number of nitrogens with zero attached hydrogens (tertiary/aromatic N) is 3. The Labute approximate surface area is 156 Å². The molecule has 1 amide bonds. The van der Waals surface area contributed by atoms with E-state index in [1.54, 1.807) is 0 Å². The van der Waals surface area contributed by atoms with Gasteiger partial charge in [0.25, 0.3) is 0 Å². The average Bonchev–Trinajstić information content (AvgIpc) is 2.70. The van der Waals surface area contributed by atoms with E-state index >= 15 is 0 Å². The number of carbonyl (C=O) groups is 1. The van der Waals surface area contributed by atoms with Crippen molar-refractivity contribution in [3.8, 4) is 0 Å². The van der Waals surface area contributed by atoms with Crippen LogP contribution in [0.25, 0.3) is 10.9 Å². The second-order valence-electron chi connectivity index (χ2n) is 7.86. The van der Waals surface area contributed by atoms with Crippen LogP contribution in [0.2, 0.25) is 0 Å². The zero-order valence-electron chi connectivity index (χ0n) is 15.6. The first kappa shape index (κ1) is 17.5. The van der Waals surface area contributed by atoms with Crippen LogP contribution in [0.3, 0.4) is 0 Å². The van der Waals surface area contributed by atoms with E-state index in [0.717, 1.165) is 44.7 Å². The number of hydrogen-bond acceptors (Lipinski definition) is 3. The average molecular weight is 351 g/mol. The lowest BCUT2D eigenvalue weighted by Crippen LogP contribution is -2.48. The first-order chi connectivity index (χ1) is 12.8. The molecule has 2 aromatic rings. The summed E-state index contributed by atoms with van der Waals surface area (Å²) in [4.78, 5) is 21.7. The lowest BCUT2D eigenvalue weighted by Gasteiger charge is -2.35. The van der Waals surface area contributed by atoms with Crippen LogP contribution >= 0.6 is 0 Å². The van der Waals surface area contributed by atoms with Gasteiger partial charge in [0, 0.05) is 50.7 Å². The van der Waals surface area contributed by atoms with Crippen molar-refractivity contribution < 1.29 is 4.79 Å². The summed E-state index contributed by atoms with van der Waals surface area (Å²) in [6, 6.07) is 10.5. The van der Waals surface area contributed by atoms with Crippen LogP contribution in [0.4, 0.5) is 0 Å². The Balaban J connectivity index is 1.31. The molecule has 2 aliphatic rings. The number of fused-ring (bicyclic) bond motifs is 1. The minimum atomic E-state index is 0.378. The van der Waals surface area contributed by atoms with Crippen molar-refractivity contribution in [2.75, 3.05) is 26.2 Å². The molecular formula is C22H29N3O. The number of aromatic nitrogens is 1. The van der Waals surface area contributed by atoms with E-state index in [-0.39, 0.29) is 0 Å². The van der Waals surface area contributed by atoms with Gasteiger partial charge in [-0.2, -0.15) is 0 Å². The van der Waals surface area contributed by atoms with E-state index < -0.39 is 0 Å². The third-order valence-corrected chi connectivity index (χ3v) is 6.02. The molecular weight excluding hydrogens is 322 g/mol. The van der Waals surface area contributed by atoms with Crippen LogP contribution in [0, 0.1) is 5.92 Å². The van der Waals surface area contributed by atoms with Crippen molar-refractivity contribution in [3.05, 3.63) is 42.1 Å². The van der Waals surface area contributed by atoms with Crippen molar-refractivity contribution in [2.24, 2.45) is 5.92 Å². The number of amides is 1. The molecule has 0 bridgehead atoms. The number of hydrogen-bond donors (Lipinski definition) is 0. The molecule has 2 fully saturated rings. The van der Waals surface area contributed by atoms with Gasteiger partial charge in [-0.15, -0.1) is 0 Å². The van der Waals surface area contributed by atoms with Crippen LogP contribution in [0.1, 0.15) is 44.1 Å². The van der Waals surface area contributed by atoms with Gasteiger partial charge in [-0.25, -0.2) is 0 Å². The zero-order chi connectivity index (χ0) is 17.8. The van der Waals surface area contributed by atoms with E-state index in [4.69, 9.17) is 0 Å². The molecule has 0 N–H and O–H groups in total. The quantitative estimate of drug-likeness (QED) is 0.839. The molecule has 138 valence electrons. The highest BCUT2D eigenvalue weighted by molar-refractivity contribution is 5.81. The van der Waals surface area contributed by atoms with Crippen LogP contribution < -0.4 is 0 Å². The number of carbonyl (C=O) groups excluding carboxylic acids is 1. The lowest BCUT2D eigenvalue weighted by atomic mass is 9.86. The highest BCUT2D eigenvalue weighted by Gasteiger charge is 2.24. The van der Waals surface area contributed by atoms with Gasteiger partial charge in [-0.3, -0.25) is 14.7 Å². The monoisotopic (exact) mass is 351 g/mol. The molecule has 4 nitrogen and oxygen atoms in total. The molecule has 4 rings (SSSR count). The molecule has 1 saturated carbocycles. The van der Waals surface area contributed by atoms with Gasteiger partial charge in [0.1, 0.15) is 0 Å². The molecule has 4 heteroatoms. The van der Waals surface area contributed by atoms with Gasteiger partial charge in [-0.1, -0.05) is 43.5 Å². The predicted octanol–water partition coefficient (Wildman–Crippen LogP) is 3.85. The molecule has 0 atom stereocenters. The summed E-state index contributed by atoms with van der Waals surface area (Å²) in [5, 5.41) is 1.20. The number of piperazine rings is 1. The Hall–Kier alpha value is -1.94. The fraction of sp³-hybridized carbons (Fsp3) is 0.545. The Morgan fingerprint density at radius 2 is 1.77 bits per heavy atom. The lowest BCUT2D eigenvalue weighted by molar-refractivity contribution is -0.134. The van der Waals surface area contributed by atoms with Crippen molar-refractivity contribution >= 4 is 16.8 Å². The van der Waals surface area contributed by atoms with Crippen molar-refractivity contribution in [2.45, 2.75) is 45.1 Å². The largest absolute Gasteiger partial charge is 0.340 e. The molecule has 0 radical (unpaired) electrons. The molecule has 1 aliphatic heterocycles. The van der Waals surface area contributed by atoms with E-state index in [1.165, 1.54) is 43.1 Å². The molecule has 1 aromatic heterocycles. The number of para-hydroxylation sites is 1. The Bertz CT molecular complexity index is 741. The van der Waals surface area contributed by atoms with Gasteiger partial charge in [0.05, 0.1) is 5.52 Å². The first-order valence-electron chi connectivity index (χ1n) is 10.1. The molecule has 26 heavy (non-hydrogen) atoms. The zero-order valence-corrected chi connectivity index (χ0v) is 15.6. The van der Waals surface area contributed by atoms with Crippen molar-refractivity contribution in [1.29, 1.82) is 0 Å². The van der Waals surface area contributed by atoms with Crippen LogP contribution in [0.5, 0.6) is 0 Å². The summed E-state index contributed by atoms with van der Waals surface area (Å²) in [6.45, 7) is 4.56. The molecule has 1 saturated heterocycles. The minimum absolute atomic E-state index is 0.378. The van der Waals surface area contributed by atoms with E-state index in [0.29, 0.717) is 11.8 Å². The Morgan fingerprint density at radius 3 is 2.58 bits per heavy atom. The fourth-order valence-electron chi connectivity index (χ4n) is 4.46. The highest BCUT2D eigenvalue weighted by atomic mass is 16.2. The summed E-state index contributed by atoms with van der Waals surface area (Å²) >= 11 is 0. The Kier molecular flexibility index (Phi) is 5.49. The number of pyridine rings is 1. The third kappa shape index (κ3) is 4.07. The minimum Gasteiger partial charge on any atom is -0.340 e. The molecule has 1 aromatic carbocycles. The van der Waals surface area contributed by atoms with E-state index in [2.05, 4.69) is 39.0 Å². The van der Waals surface area contributed by atoms with E-state index in [1.807, 2.05) is 12.3 Å². The van der Waals surface area contributed by atoms with Gasteiger partial charge < -0.3 is 4.90 Å². The summed E-state index contributed by atoms with van der Waals surface area (Å²) in [6.07, 6.45) is 9.11. The first-order valence-corrected chi connectivity index (χ1v) is 10.1. The maximum atomic E-state index is 12.6. The van der Waals surface area contributed by atoms with Gasteiger partial charge >= 0.3 is 0 Å². The van der Waals surface area contributed by atoms with Crippen LogP contribution in [0.15, 0.2) is 36.5 Å². The summed E-state index contributed by atoms with van der Waals surface area (Å²) in [7, 11) is 0. The van der Waals surface area contributed by atoms with Crippen LogP contribution in [-0.2, 0) is 11.3 Å². The van der Waals surface area contributed by atoms with Gasteiger partial charge in [-0.05, 0) is 30.4 Å². The maximum Gasteiger partial charge on any atom is 0.222 e. The fourth-order valence-corrected chi connectivity index (χ4v) is 4.46. The SMILES string of the molecule is O=C(CC1CCCCC1)N1CCN(Cc2cccc3cccnc23)CC1. The topological polar surface area (TPSA) is 36.4 Å². The second kappa shape index (κ2) is 8.17. The molecule has 2 heterocycles. The van der Waals surface area contributed by atoms with Gasteiger partial charge in [0.2, 0.25) is 5.91 Å². The molecule has 0 spiro atoms. The predicted molar refractivity (Wildman–Crippen MR) is 105 cm³/mol. The standard InChI is InChI=1S/C22H29N3O/c26-21(16-18-6-2-1-3-7-18)25-14-12-24(13-15-25)17-20-9-4-8-19-10-5-11-23-22(19)20/h4-5,8-11,18H,1-3,6-7,12-17H2.